The van der Waals surface area contributed by atoms with Gasteiger partial charge in [0.2, 0.25) is 0 Å². The lowest BCUT2D eigenvalue weighted by Crippen LogP contribution is -1.97. The molecule has 0 amide bonds. The number of aromatic carboxylic acids is 1. The largest absolute Gasteiger partial charge is 0.507 e. The highest BCUT2D eigenvalue weighted by Crippen LogP contribution is 2.28. The molecular weight excluding hydrogens is 220 g/mol. The zero-order chi connectivity index (χ0) is 11.4. The molecule has 1 rings (SSSR count). The number of carboxylic acids is 1. The normalized spacial score (nSPS) is 10.7. The number of phenolic OH excluding ortho intramolecular Hbond substituents is 1. The third-order valence-electron chi connectivity index (χ3n) is 1.76. The third kappa shape index (κ3) is 2.63. The SMILES string of the molecule is O=C(O)c1cc(C=CCCl)c(O)cc1O. The molecule has 0 radical (unpaired) electrons. The van der Waals surface area contributed by atoms with Crippen LogP contribution in [0.5, 0.6) is 11.5 Å². The Morgan fingerprint density at radius 3 is 2.53 bits per heavy atom. The number of benzene rings is 1. The van der Waals surface area contributed by atoms with Crippen molar-refractivity contribution < 1.29 is 20.1 Å². The van der Waals surface area contributed by atoms with E-state index in [1.165, 1.54) is 12.1 Å². The molecule has 0 aromatic heterocycles. The van der Waals surface area contributed by atoms with Crippen LogP contribution in [-0.4, -0.2) is 27.2 Å². The van der Waals surface area contributed by atoms with E-state index in [1.54, 1.807) is 6.08 Å². The molecule has 0 bridgehead atoms. The second-order valence-corrected chi connectivity index (χ2v) is 3.10. The molecule has 3 N–H and O–H groups in total. The van der Waals surface area contributed by atoms with E-state index in [9.17, 15) is 15.0 Å². The van der Waals surface area contributed by atoms with Crippen LogP contribution in [0.2, 0.25) is 0 Å². The van der Waals surface area contributed by atoms with Gasteiger partial charge in [-0.25, -0.2) is 4.79 Å². The first-order valence-corrected chi connectivity index (χ1v) is 4.61. The first-order chi connectivity index (χ1) is 7.06. The molecule has 80 valence electrons. The average molecular weight is 229 g/mol. The third-order valence-corrected chi connectivity index (χ3v) is 1.94. The van der Waals surface area contributed by atoms with Gasteiger partial charge in [0.1, 0.15) is 17.1 Å². The first kappa shape index (κ1) is 11.4. The highest BCUT2D eigenvalue weighted by atomic mass is 35.5. The maximum atomic E-state index is 10.7. The van der Waals surface area contributed by atoms with E-state index < -0.39 is 11.7 Å². The first-order valence-electron chi connectivity index (χ1n) is 4.08. The van der Waals surface area contributed by atoms with Crippen LogP contribution in [0.15, 0.2) is 18.2 Å². The number of phenols is 2. The molecule has 0 unspecified atom stereocenters. The van der Waals surface area contributed by atoms with Gasteiger partial charge in [0, 0.05) is 17.5 Å². The quantitative estimate of drug-likeness (QED) is 0.692. The lowest BCUT2D eigenvalue weighted by Gasteiger charge is -2.03. The number of halogens is 1. The highest BCUT2D eigenvalue weighted by Gasteiger charge is 2.12. The summed E-state index contributed by atoms with van der Waals surface area (Å²) in [7, 11) is 0. The van der Waals surface area contributed by atoms with Gasteiger partial charge in [-0.05, 0) is 6.07 Å². The fraction of sp³-hybridized carbons (Fsp3) is 0.100. The van der Waals surface area contributed by atoms with Crippen molar-refractivity contribution in [3.63, 3.8) is 0 Å². The molecule has 0 fully saturated rings. The number of rotatable bonds is 3. The van der Waals surface area contributed by atoms with Gasteiger partial charge in [-0.2, -0.15) is 0 Å². The number of carboxylic acid groups (broad SMARTS) is 1. The number of hydrogen-bond acceptors (Lipinski definition) is 3. The molecule has 0 spiro atoms. The topological polar surface area (TPSA) is 77.8 Å². The Balaban J connectivity index is 3.23. The minimum atomic E-state index is -1.26. The van der Waals surface area contributed by atoms with Crippen molar-refractivity contribution in [3.05, 3.63) is 29.3 Å². The maximum absolute atomic E-state index is 10.7. The lowest BCUT2D eigenvalue weighted by molar-refractivity contribution is 0.0693. The van der Waals surface area contributed by atoms with Crippen LogP contribution in [0.3, 0.4) is 0 Å². The number of alkyl halides is 1. The van der Waals surface area contributed by atoms with Crippen LogP contribution in [-0.2, 0) is 0 Å². The Kier molecular flexibility index (Phi) is 3.57. The van der Waals surface area contributed by atoms with Gasteiger partial charge in [0.25, 0.3) is 0 Å². The minimum absolute atomic E-state index is 0.195. The summed E-state index contributed by atoms with van der Waals surface area (Å²) in [6, 6.07) is 2.16. The fourth-order valence-electron chi connectivity index (χ4n) is 1.07. The Morgan fingerprint density at radius 2 is 2.00 bits per heavy atom. The molecule has 0 aliphatic carbocycles. The van der Waals surface area contributed by atoms with E-state index in [0.717, 1.165) is 6.07 Å². The van der Waals surface area contributed by atoms with Crippen LogP contribution >= 0.6 is 11.6 Å². The Labute approximate surface area is 91.0 Å². The minimum Gasteiger partial charge on any atom is -0.507 e. The van der Waals surface area contributed by atoms with E-state index in [-0.39, 0.29) is 17.2 Å². The summed E-state index contributed by atoms with van der Waals surface area (Å²) in [6.45, 7) is 0. The average Bonchev–Trinajstić information content (AvgIpc) is 2.16. The van der Waals surface area contributed by atoms with E-state index in [2.05, 4.69) is 0 Å². The molecule has 1 aromatic rings. The van der Waals surface area contributed by atoms with E-state index in [4.69, 9.17) is 16.7 Å². The van der Waals surface area contributed by atoms with Crippen LogP contribution in [0.1, 0.15) is 15.9 Å². The van der Waals surface area contributed by atoms with Crippen LogP contribution in [0.4, 0.5) is 0 Å². The second kappa shape index (κ2) is 4.70. The van der Waals surface area contributed by atoms with Crippen LogP contribution < -0.4 is 0 Å². The molecule has 0 atom stereocenters. The van der Waals surface area contributed by atoms with Crippen LogP contribution in [0.25, 0.3) is 6.08 Å². The summed E-state index contributed by atoms with van der Waals surface area (Å²) in [5.74, 6) is -1.67. The maximum Gasteiger partial charge on any atom is 0.339 e. The van der Waals surface area contributed by atoms with Gasteiger partial charge in [-0.1, -0.05) is 12.2 Å². The zero-order valence-corrected chi connectivity index (χ0v) is 8.40. The second-order valence-electron chi connectivity index (χ2n) is 2.79. The predicted molar refractivity (Wildman–Crippen MR) is 56.5 cm³/mol. The summed E-state index contributed by atoms with van der Waals surface area (Å²) in [6.07, 6.45) is 3.04. The number of allylic oxidation sites excluding steroid dienone is 1. The van der Waals surface area contributed by atoms with Gasteiger partial charge in [-0.3, -0.25) is 0 Å². The van der Waals surface area contributed by atoms with Crippen molar-refractivity contribution >= 4 is 23.6 Å². The highest BCUT2D eigenvalue weighted by molar-refractivity contribution is 6.19. The van der Waals surface area contributed by atoms with Crippen molar-refractivity contribution in [2.75, 3.05) is 5.88 Å². The van der Waals surface area contributed by atoms with Gasteiger partial charge in [0.05, 0.1) is 0 Å². The Bertz CT molecular complexity index is 412. The van der Waals surface area contributed by atoms with Gasteiger partial charge < -0.3 is 15.3 Å². The van der Waals surface area contributed by atoms with E-state index in [1.807, 2.05) is 0 Å². The molecule has 0 saturated carbocycles. The molecule has 0 aliphatic rings. The van der Waals surface area contributed by atoms with Gasteiger partial charge >= 0.3 is 5.97 Å². The predicted octanol–water partition coefficient (Wildman–Crippen LogP) is 2.05. The smallest absolute Gasteiger partial charge is 0.339 e. The Hall–Kier alpha value is -1.68. The molecule has 15 heavy (non-hydrogen) atoms. The van der Waals surface area contributed by atoms with Crippen molar-refractivity contribution in [1.82, 2.24) is 0 Å². The molecule has 1 aromatic carbocycles. The number of hydrogen-bond donors (Lipinski definition) is 3. The summed E-state index contributed by atoms with van der Waals surface area (Å²) >= 11 is 5.40. The van der Waals surface area contributed by atoms with Crippen molar-refractivity contribution in [2.24, 2.45) is 0 Å². The van der Waals surface area contributed by atoms with Gasteiger partial charge in [0.15, 0.2) is 0 Å². The summed E-state index contributed by atoms with van der Waals surface area (Å²) in [5.41, 5.74) is 0.0351. The molecule has 5 heteroatoms. The molecule has 0 saturated heterocycles. The summed E-state index contributed by atoms with van der Waals surface area (Å²) in [5, 5.41) is 27.3. The van der Waals surface area contributed by atoms with Gasteiger partial charge in [-0.15, -0.1) is 11.6 Å². The molecule has 0 aliphatic heterocycles. The van der Waals surface area contributed by atoms with Crippen molar-refractivity contribution in [1.29, 1.82) is 0 Å². The zero-order valence-electron chi connectivity index (χ0n) is 7.64. The number of aromatic hydroxyl groups is 2. The van der Waals surface area contributed by atoms with E-state index in [0.29, 0.717) is 5.56 Å². The van der Waals surface area contributed by atoms with Crippen molar-refractivity contribution in [3.8, 4) is 11.5 Å². The standard InChI is InChI=1S/C10H9ClO4/c11-3-1-2-6-4-7(10(14)15)9(13)5-8(6)12/h1-2,4-5,12-13H,3H2,(H,14,15). The number of carbonyl (C=O) groups is 1. The van der Waals surface area contributed by atoms with Crippen molar-refractivity contribution in [2.45, 2.75) is 0 Å². The summed E-state index contributed by atoms with van der Waals surface area (Å²) < 4.78 is 0. The summed E-state index contributed by atoms with van der Waals surface area (Å²) in [4.78, 5) is 10.7. The lowest BCUT2D eigenvalue weighted by atomic mass is 10.1. The van der Waals surface area contributed by atoms with Crippen LogP contribution in [0, 0.1) is 0 Å². The Morgan fingerprint density at radius 1 is 1.33 bits per heavy atom. The molecule has 0 heterocycles. The fourth-order valence-corrected chi connectivity index (χ4v) is 1.16. The molecule has 4 nitrogen and oxygen atoms in total. The monoisotopic (exact) mass is 228 g/mol. The molecular formula is C10H9ClO4. The van der Waals surface area contributed by atoms with E-state index >= 15 is 0 Å².